The fourth-order valence-corrected chi connectivity index (χ4v) is 2.12. The Morgan fingerprint density at radius 1 is 1.50 bits per heavy atom. The third-order valence-electron chi connectivity index (χ3n) is 2.20. The Bertz CT molecular complexity index is 653. The molecule has 0 aliphatic carbocycles. The van der Waals surface area contributed by atoms with Crippen LogP contribution in [0.4, 0.5) is 5.69 Å². The number of hydrogen-bond donors (Lipinski definition) is 1. The number of nitro benzene ring substituents is 1. The van der Waals surface area contributed by atoms with Crippen LogP contribution in [0.5, 0.6) is 11.5 Å². The van der Waals surface area contributed by atoms with Gasteiger partial charge in [-0.2, -0.15) is 0 Å². The van der Waals surface area contributed by atoms with Gasteiger partial charge in [-0.15, -0.1) is 0 Å². The monoisotopic (exact) mass is 302 g/mol. The molecule has 2 N–H and O–H groups in total. The normalized spacial score (nSPS) is 10.9. The van der Waals surface area contributed by atoms with E-state index in [-0.39, 0.29) is 18.1 Å². The SMILES string of the molecule is C=C(C)COc1cc([N+](=O)[O-])cc(S(N)(=O)=O)c1OC. The number of nitrogens with two attached hydrogens (primary N) is 1. The third-order valence-corrected chi connectivity index (χ3v) is 3.12. The minimum Gasteiger partial charge on any atom is -0.492 e. The van der Waals surface area contributed by atoms with Crippen LogP contribution < -0.4 is 14.6 Å². The summed E-state index contributed by atoms with van der Waals surface area (Å²) in [6.07, 6.45) is 0. The van der Waals surface area contributed by atoms with Crippen LogP contribution in [-0.4, -0.2) is 27.1 Å². The molecule has 0 unspecified atom stereocenters. The van der Waals surface area contributed by atoms with Crippen molar-refractivity contribution in [2.24, 2.45) is 5.14 Å². The number of sulfonamides is 1. The smallest absolute Gasteiger partial charge is 0.274 e. The van der Waals surface area contributed by atoms with Gasteiger partial charge in [0.05, 0.1) is 18.1 Å². The largest absolute Gasteiger partial charge is 0.492 e. The van der Waals surface area contributed by atoms with Gasteiger partial charge in [-0.3, -0.25) is 10.1 Å². The van der Waals surface area contributed by atoms with Crippen molar-refractivity contribution in [2.75, 3.05) is 13.7 Å². The molecule has 0 fully saturated rings. The molecule has 8 nitrogen and oxygen atoms in total. The molecule has 0 aliphatic rings. The maximum atomic E-state index is 11.5. The predicted octanol–water partition coefficient (Wildman–Crippen LogP) is 1.21. The van der Waals surface area contributed by atoms with Gasteiger partial charge < -0.3 is 9.47 Å². The standard InChI is InChI=1S/C11H14N2O6S/c1-7(2)6-19-9-4-8(13(14)15)5-10(11(9)18-3)20(12,16)17/h4-5H,1,6H2,2-3H3,(H2,12,16,17). The van der Waals surface area contributed by atoms with E-state index in [4.69, 9.17) is 14.6 Å². The lowest BCUT2D eigenvalue weighted by Gasteiger charge is -2.13. The zero-order valence-corrected chi connectivity index (χ0v) is 11.8. The van der Waals surface area contributed by atoms with Crippen LogP contribution in [-0.2, 0) is 10.0 Å². The van der Waals surface area contributed by atoms with Crippen molar-refractivity contribution in [2.45, 2.75) is 11.8 Å². The van der Waals surface area contributed by atoms with Crippen molar-refractivity contribution in [1.29, 1.82) is 0 Å². The van der Waals surface area contributed by atoms with E-state index in [9.17, 15) is 18.5 Å². The van der Waals surface area contributed by atoms with E-state index in [0.717, 1.165) is 12.1 Å². The van der Waals surface area contributed by atoms with Gasteiger partial charge in [0.15, 0.2) is 11.5 Å². The molecule has 110 valence electrons. The van der Waals surface area contributed by atoms with Crippen LogP contribution in [0.25, 0.3) is 0 Å². The molecule has 1 aromatic carbocycles. The molecule has 0 saturated heterocycles. The zero-order valence-electron chi connectivity index (χ0n) is 11.0. The summed E-state index contributed by atoms with van der Waals surface area (Å²) in [6, 6.07) is 1.89. The quantitative estimate of drug-likeness (QED) is 0.478. The van der Waals surface area contributed by atoms with Gasteiger partial charge in [-0.1, -0.05) is 6.58 Å². The molecule has 0 amide bonds. The highest BCUT2D eigenvalue weighted by Crippen LogP contribution is 2.37. The Kier molecular flexibility index (Phi) is 4.69. The molecular weight excluding hydrogens is 288 g/mol. The van der Waals surface area contributed by atoms with Gasteiger partial charge in [0, 0.05) is 6.07 Å². The first-order valence-electron chi connectivity index (χ1n) is 5.33. The summed E-state index contributed by atoms with van der Waals surface area (Å²) >= 11 is 0. The summed E-state index contributed by atoms with van der Waals surface area (Å²) in [7, 11) is -2.98. The molecule has 0 aromatic heterocycles. The van der Waals surface area contributed by atoms with E-state index in [0.29, 0.717) is 5.57 Å². The summed E-state index contributed by atoms with van der Waals surface area (Å²) in [5, 5.41) is 15.8. The number of rotatable bonds is 6. The van der Waals surface area contributed by atoms with Gasteiger partial charge in [-0.25, -0.2) is 13.6 Å². The maximum Gasteiger partial charge on any atom is 0.274 e. The van der Waals surface area contributed by atoms with E-state index in [2.05, 4.69) is 6.58 Å². The van der Waals surface area contributed by atoms with Gasteiger partial charge in [0.25, 0.3) is 5.69 Å². The molecule has 0 spiro atoms. The highest BCUT2D eigenvalue weighted by atomic mass is 32.2. The molecule has 1 aromatic rings. The number of hydrogen-bond acceptors (Lipinski definition) is 6. The minimum absolute atomic E-state index is 0.0571. The lowest BCUT2D eigenvalue weighted by Crippen LogP contribution is -2.14. The highest BCUT2D eigenvalue weighted by Gasteiger charge is 2.25. The maximum absolute atomic E-state index is 11.5. The van der Waals surface area contributed by atoms with Crippen LogP contribution in [0.1, 0.15) is 6.92 Å². The molecular formula is C11H14N2O6S. The Morgan fingerprint density at radius 2 is 2.10 bits per heavy atom. The van der Waals surface area contributed by atoms with Gasteiger partial charge in [0.2, 0.25) is 10.0 Å². The molecule has 0 radical (unpaired) electrons. The van der Waals surface area contributed by atoms with Crippen molar-refractivity contribution < 1.29 is 22.8 Å². The molecule has 0 bridgehead atoms. The molecule has 0 atom stereocenters. The summed E-state index contributed by atoms with van der Waals surface area (Å²) in [5.41, 5.74) is 0.183. The highest BCUT2D eigenvalue weighted by molar-refractivity contribution is 7.89. The summed E-state index contributed by atoms with van der Waals surface area (Å²) < 4.78 is 33.2. The van der Waals surface area contributed by atoms with Crippen molar-refractivity contribution in [3.8, 4) is 11.5 Å². The lowest BCUT2D eigenvalue weighted by atomic mass is 10.2. The Labute approximate surface area is 116 Å². The number of benzene rings is 1. The molecule has 9 heteroatoms. The Morgan fingerprint density at radius 3 is 2.50 bits per heavy atom. The van der Waals surface area contributed by atoms with Crippen molar-refractivity contribution >= 4 is 15.7 Å². The molecule has 1 rings (SSSR count). The van der Waals surface area contributed by atoms with Crippen molar-refractivity contribution in [1.82, 2.24) is 0 Å². The minimum atomic E-state index is -4.19. The molecule has 0 heterocycles. The fourth-order valence-electron chi connectivity index (χ4n) is 1.39. The van der Waals surface area contributed by atoms with Crippen LogP contribution >= 0.6 is 0 Å². The average molecular weight is 302 g/mol. The summed E-state index contributed by atoms with van der Waals surface area (Å²) in [4.78, 5) is 9.57. The fraction of sp³-hybridized carbons (Fsp3) is 0.273. The van der Waals surface area contributed by atoms with Crippen molar-refractivity contribution in [3.63, 3.8) is 0 Å². The molecule has 0 saturated carbocycles. The zero-order chi connectivity index (χ0) is 15.5. The lowest BCUT2D eigenvalue weighted by molar-refractivity contribution is -0.385. The first kappa shape index (κ1) is 15.9. The van der Waals surface area contributed by atoms with Gasteiger partial charge in [-0.05, 0) is 12.5 Å². The number of ether oxygens (including phenoxy) is 2. The Hall–Kier alpha value is -2.13. The number of non-ortho nitro benzene ring substituents is 1. The number of primary sulfonamides is 1. The molecule has 0 aliphatic heterocycles. The topological polar surface area (TPSA) is 122 Å². The van der Waals surface area contributed by atoms with Crippen molar-refractivity contribution in [3.05, 3.63) is 34.4 Å². The second-order valence-corrected chi connectivity index (χ2v) is 5.55. The number of methoxy groups -OCH3 is 1. The second-order valence-electron chi connectivity index (χ2n) is 4.02. The first-order chi connectivity index (χ1) is 9.16. The Balaban J connectivity index is 3.51. The summed E-state index contributed by atoms with van der Waals surface area (Å²) in [6.45, 7) is 5.35. The van der Waals surface area contributed by atoms with E-state index >= 15 is 0 Å². The average Bonchev–Trinajstić information content (AvgIpc) is 2.33. The number of nitro groups is 1. The summed E-state index contributed by atoms with van der Waals surface area (Å²) in [5.74, 6) is -0.270. The number of nitrogens with zero attached hydrogens (tertiary/aromatic N) is 1. The van der Waals surface area contributed by atoms with Gasteiger partial charge >= 0.3 is 0 Å². The predicted molar refractivity (Wildman–Crippen MR) is 71.3 cm³/mol. The van der Waals surface area contributed by atoms with Crippen LogP contribution in [0.2, 0.25) is 0 Å². The molecule has 20 heavy (non-hydrogen) atoms. The van der Waals surface area contributed by atoms with E-state index < -0.39 is 25.5 Å². The van der Waals surface area contributed by atoms with Gasteiger partial charge in [0.1, 0.15) is 11.5 Å². The van der Waals surface area contributed by atoms with Crippen LogP contribution in [0, 0.1) is 10.1 Å². The van der Waals surface area contributed by atoms with E-state index in [1.807, 2.05) is 0 Å². The third kappa shape index (κ3) is 3.68. The van der Waals surface area contributed by atoms with Crippen LogP contribution in [0.3, 0.4) is 0 Å². The van der Waals surface area contributed by atoms with E-state index in [1.165, 1.54) is 7.11 Å². The van der Waals surface area contributed by atoms with Crippen LogP contribution in [0.15, 0.2) is 29.2 Å². The first-order valence-corrected chi connectivity index (χ1v) is 6.88. The second kappa shape index (κ2) is 5.88. The van der Waals surface area contributed by atoms with E-state index in [1.54, 1.807) is 6.92 Å².